The highest BCUT2D eigenvalue weighted by molar-refractivity contribution is 5.43. The monoisotopic (exact) mass is 492 g/mol. The normalized spacial score (nSPS) is 24.9. The van der Waals surface area contributed by atoms with Crippen molar-refractivity contribution in [3.63, 3.8) is 0 Å². The van der Waals surface area contributed by atoms with E-state index in [2.05, 4.69) is 48.5 Å². The Kier molecular flexibility index (Phi) is 9.22. The molecule has 5 rings (SSSR count). The number of benzene rings is 2. The third-order valence-corrected chi connectivity index (χ3v) is 8.20. The molecule has 3 fully saturated rings. The topological polar surface area (TPSA) is 43.5 Å². The van der Waals surface area contributed by atoms with Crippen LogP contribution in [0.15, 0.2) is 48.5 Å². The lowest BCUT2D eigenvalue weighted by Gasteiger charge is -2.36. The Labute approximate surface area is 217 Å². The first-order chi connectivity index (χ1) is 17.8. The average Bonchev–Trinajstić information content (AvgIpc) is 3.84. The lowest BCUT2D eigenvalue weighted by Crippen LogP contribution is -2.28. The van der Waals surface area contributed by atoms with Crippen LogP contribution in [-0.4, -0.2) is 38.6 Å². The first-order valence-corrected chi connectivity index (χ1v) is 14.5. The molecule has 1 aliphatic carbocycles. The number of hydrogen-bond donors (Lipinski definition) is 0. The highest BCUT2D eigenvalue weighted by Gasteiger charge is 2.34. The fraction of sp³-hybridized carbons (Fsp3) is 0.625. The Morgan fingerprint density at radius 2 is 0.861 bits per heavy atom. The van der Waals surface area contributed by atoms with Crippen molar-refractivity contribution in [2.45, 2.75) is 101 Å². The summed E-state index contributed by atoms with van der Waals surface area (Å²) in [5.74, 6) is 1.88. The van der Waals surface area contributed by atoms with Crippen molar-refractivity contribution in [3.8, 4) is 11.5 Å². The Balaban J connectivity index is 1.37. The molecular formula is C32H44O4. The van der Waals surface area contributed by atoms with E-state index in [9.17, 15) is 0 Å². The van der Waals surface area contributed by atoms with Gasteiger partial charge in [-0.15, -0.1) is 0 Å². The molecule has 1 saturated carbocycles. The summed E-state index contributed by atoms with van der Waals surface area (Å²) in [5, 5.41) is 0. The van der Waals surface area contributed by atoms with Gasteiger partial charge in [0.1, 0.15) is 36.9 Å². The maximum Gasteiger partial charge on any atom is 0.119 e. The summed E-state index contributed by atoms with van der Waals surface area (Å²) in [6, 6.07) is 17.9. The zero-order valence-electron chi connectivity index (χ0n) is 21.9. The molecule has 4 heteroatoms. The molecule has 2 aliphatic heterocycles. The molecule has 2 saturated heterocycles. The Bertz CT molecular complexity index is 823. The fourth-order valence-electron chi connectivity index (χ4n) is 5.76. The van der Waals surface area contributed by atoms with Gasteiger partial charge in [0.05, 0.1) is 13.2 Å². The largest absolute Gasteiger partial charge is 0.491 e. The predicted octanol–water partition coefficient (Wildman–Crippen LogP) is 7.61. The van der Waals surface area contributed by atoms with Gasteiger partial charge in [-0.2, -0.15) is 0 Å². The predicted molar refractivity (Wildman–Crippen MR) is 144 cm³/mol. The third-order valence-electron chi connectivity index (χ3n) is 8.20. The van der Waals surface area contributed by atoms with Gasteiger partial charge in [-0.05, 0) is 48.2 Å². The van der Waals surface area contributed by atoms with E-state index in [0.717, 1.165) is 24.7 Å². The number of hydrogen-bond acceptors (Lipinski definition) is 4. The van der Waals surface area contributed by atoms with Gasteiger partial charge in [0.25, 0.3) is 0 Å². The first-order valence-electron chi connectivity index (χ1n) is 14.5. The Morgan fingerprint density at radius 1 is 0.528 bits per heavy atom. The molecule has 3 aliphatic rings. The molecule has 0 spiro atoms. The van der Waals surface area contributed by atoms with Gasteiger partial charge in [0.15, 0.2) is 0 Å². The van der Waals surface area contributed by atoms with E-state index in [4.69, 9.17) is 18.9 Å². The van der Waals surface area contributed by atoms with Crippen LogP contribution in [0.5, 0.6) is 11.5 Å². The van der Waals surface area contributed by atoms with Crippen molar-refractivity contribution in [1.29, 1.82) is 0 Å². The van der Waals surface area contributed by atoms with Crippen LogP contribution in [0.25, 0.3) is 0 Å². The highest BCUT2D eigenvalue weighted by atomic mass is 16.6. The highest BCUT2D eigenvalue weighted by Crippen LogP contribution is 2.43. The lowest BCUT2D eigenvalue weighted by molar-refractivity contribution is 0.262. The average molecular weight is 493 g/mol. The summed E-state index contributed by atoms with van der Waals surface area (Å²) in [7, 11) is 0. The van der Waals surface area contributed by atoms with Crippen LogP contribution < -0.4 is 9.47 Å². The molecule has 0 aromatic heterocycles. The van der Waals surface area contributed by atoms with Crippen LogP contribution in [0.4, 0.5) is 0 Å². The number of rotatable bonds is 8. The summed E-state index contributed by atoms with van der Waals surface area (Å²) in [5.41, 5.74) is 2.87. The van der Waals surface area contributed by atoms with Crippen LogP contribution in [0.2, 0.25) is 0 Å². The Morgan fingerprint density at radius 3 is 1.19 bits per heavy atom. The van der Waals surface area contributed by atoms with Crippen LogP contribution in [0.3, 0.4) is 0 Å². The summed E-state index contributed by atoms with van der Waals surface area (Å²) < 4.78 is 22.5. The molecule has 4 nitrogen and oxygen atoms in total. The van der Waals surface area contributed by atoms with Crippen molar-refractivity contribution >= 4 is 0 Å². The van der Waals surface area contributed by atoms with Crippen LogP contribution >= 0.6 is 0 Å². The molecule has 36 heavy (non-hydrogen) atoms. The van der Waals surface area contributed by atoms with E-state index in [0.29, 0.717) is 13.2 Å². The van der Waals surface area contributed by atoms with E-state index < -0.39 is 0 Å². The molecule has 2 unspecified atom stereocenters. The molecule has 2 heterocycles. The van der Waals surface area contributed by atoms with Crippen molar-refractivity contribution in [2.24, 2.45) is 0 Å². The van der Waals surface area contributed by atoms with E-state index in [1.54, 1.807) is 0 Å². The minimum atomic E-state index is 0.0282. The summed E-state index contributed by atoms with van der Waals surface area (Å²) in [4.78, 5) is 0. The van der Waals surface area contributed by atoms with E-state index in [-0.39, 0.29) is 17.6 Å². The molecule has 0 radical (unpaired) electrons. The molecule has 2 aromatic carbocycles. The van der Waals surface area contributed by atoms with Gasteiger partial charge < -0.3 is 18.9 Å². The van der Waals surface area contributed by atoms with Gasteiger partial charge in [-0.1, -0.05) is 94.9 Å². The van der Waals surface area contributed by atoms with Gasteiger partial charge in [-0.3, -0.25) is 0 Å². The fourth-order valence-corrected chi connectivity index (χ4v) is 5.76. The van der Waals surface area contributed by atoms with Crippen molar-refractivity contribution in [1.82, 2.24) is 0 Å². The minimum absolute atomic E-state index is 0.0282. The third kappa shape index (κ3) is 7.49. The number of epoxide rings is 2. The molecule has 0 bridgehead atoms. The maximum atomic E-state index is 5.96. The number of ether oxygens (including phenoxy) is 4. The minimum Gasteiger partial charge on any atom is -0.491 e. The molecule has 2 atom stereocenters. The van der Waals surface area contributed by atoms with Crippen LogP contribution in [0, 0.1) is 0 Å². The smallest absolute Gasteiger partial charge is 0.119 e. The summed E-state index contributed by atoms with van der Waals surface area (Å²) >= 11 is 0. The molecule has 0 amide bonds. The second-order valence-electron chi connectivity index (χ2n) is 11.1. The first kappa shape index (κ1) is 25.6. The van der Waals surface area contributed by atoms with E-state index in [1.807, 2.05) is 0 Å². The molecule has 0 N–H and O–H groups in total. The van der Waals surface area contributed by atoms with Gasteiger partial charge in [-0.25, -0.2) is 0 Å². The van der Waals surface area contributed by atoms with Crippen LogP contribution in [-0.2, 0) is 14.9 Å². The standard InChI is InChI=1S/C32H44O4/c1-2-4-6-8-10-20-32(21-11-9-7-5-3-1,26-12-16-28(17-13-26)33-22-30-24-35-30)27-14-18-29(19-15-27)34-23-31-25-36-31/h12-19,30-31H,1-11,20-25H2. The molecule has 196 valence electrons. The van der Waals surface area contributed by atoms with Crippen LogP contribution in [0.1, 0.15) is 94.6 Å². The summed E-state index contributed by atoms with van der Waals surface area (Å²) in [6.45, 7) is 2.96. The van der Waals surface area contributed by atoms with Gasteiger partial charge in [0, 0.05) is 5.41 Å². The lowest BCUT2D eigenvalue weighted by atomic mass is 9.67. The quantitative estimate of drug-likeness (QED) is 0.356. The zero-order chi connectivity index (χ0) is 24.5. The van der Waals surface area contributed by atoms with E-state index >= 15 is 0 Å². The van der Waals surface area contributed by atoms with E-state index in [1.165, 1.54) is 94.6 Å². The van der Waals surface area contributed by atoms with Gasteiger partial charge in [0.2, 0.25) is 0 Å². The molecular weight excluding hydrogens is 448 g/mol. The second-order valence-corrected chi connectivity index (χ2v) is 11.1. The second kappa shape index (κ2) is 13.0. The zero-order valence-corrected chi connectivity index (χ0v) is 21.9. The maximum absolute atomic E-state index is 5.96. The van der Waals surface area contributed by atoms with Crippen molar-refractivity contribution in [2.75, 3.05) is 26.4 Å². The summed E-state index contributed by atoms with van der Waals surface area (Å²) in [6.07, 6.45) is 17.9. The SMILES string of the molecule is c1cc(C2(c3ccc(OCC4CO4)cc3)CCCCCCCCCCCCC2)ccc1OCC1CO1. The van der Waals surface area contributed by atoms with Crippen molar-refractivity contribution < 1.29 is 18.9 Å². The molecule has 2 aromatic rings. The van der Waals surface area contributed by atoms with Crippen molar-refractivity contribution in [3.05, 3.63) is 59.7 Å². The Hall–Kier alpha value is -2.04. The van der Waals surface area contributed by atoms with Gasteiger partial charge >= 0.3 is 0 Å².